The van der Waals surface area contributed by atoms with E-state index in [1.807, 2.05) is 12.1 Å². The van der Waals surface area contributed by atoms with E-state index < -0.39 is 0 Å². The van der Waals surface area contributed by atoms with E-state index in [2.05, 4.69) is 9.97 Å². The predicted octanol–water partition coefficient (Wildman–Crippen LogP) is 2.29. The van der Waals surface area contributed by atoms with Gasteiger partial charge in [-0.05, 0) is 18.2 Å². The predicted molar refractivity (Wildman–Crippen MR) is 62.2 cm³/mol. The molecule has 0 saturated carbocycles. The number of rotatable bonds is 3. The van der Waals surface area contributed by atoms with Crippen molar-refractivity contribution >= 4 is 17.4 Å². The van der Waals surface area contributed by atoms with Gasteiger partial charge in [0.15, 0.2) is 5.82 Å². The summed E-state index contributed by atoms with van der Waals surface area (Å²) in [6, 6.07) is 8.86. The van der Waals surface area contributed by atoms with Crippen LogP contribution in [0.1, 0.15) is 5.82 Å². The van der Waals surface area contributed by atoms with Gasteiger partial charge in [0.1, 0.15) is 18.2 Å². The van der Waals surface area contributed by atoms with Crippen molar-refractivity contribution in [3.63, 3.8) is 0 Å². The quantitative estimate of drug-likeness (QED) is 0.887. The summed E-state index contributed by atoms with van der Waals surface area (Å²) in [5.41, 5.74) is 5.52. The van der Waals surface area contributed by atoms with Gasteiger partial charge in [0, 0.05) is 6.20 Å². The molecule has 0 aliphatic carbocycles. The summed E-state index contributed by atoms with van der Waals surface area (Å²) >= 11 is 5.93. The Labute approximate surface area is 98.0 Å². The molecule has 0 amide bonds. The molecule has 0 spiro atoms. The van der Waals surface area contributed by atoms with Gasteiger partial charge in [-0.2, -0.15) is 0 Å². The standard InChI is InChI=1S/C11H10ClN3O/c12-8-3-1-2-4-9(8)16-7-11-14-6-5-10(13)15-11/h1-6H,7H2,(H2,13,14,15). The number of hydrogen-bond donors (Lipinski definition) is 1. The Balaban J connectivity index is 2.05. The van der Waals surface area contributed by atoms with Crippen LogP contribution >= 0.6 is 11.6 Å². The number of para-hydroxylation sites is 1. The van der Waals surface area contributed by atoms with Crippen LogP contribution in [0, 0.1) is 0 Å². The molecule has 1 aromatic carbocycles. The monoisotopic (exact) mass is 235 g/mol. The zero-order valence-corrected chi connectivity index (χ0v) is 9.19. The molecule has 0 bridgehead atoms. The van der Waals surface area contributed by atoms with Crippen molar-refractivity contribution in [2.24, 2.45) is 0 Å². The van der Waals surface area contributed by atoms with Gasteiger partial charge in [0.25, 0.3) is 0 Å². The molecule has 0 saturated heterocycles. The third-order valence-corrected chi connectivity index (χ3v) is 2.23. The van der Waals surface area contributed by atoms with Gasteiger partial charge in [-0.25, -0.2) is 9.97 Å². The van der Waals surface area contributed by atoms with Crippen molar-refractivity contribution in [3.05, 3.63) is 47.4 Å². The molecule has 0 unspecified atom stereocenters. The van der Waals surface area contributed by atoms with Crippen LogP contribution < -0.4 is 10.5 Å². The van der Waals surface area contributed by atoms with Gasteiger partial charge >= 0.3 is 0 Å². The fourth-order valence-electron chi connectivity index (χ4n) is 1.19. The number of anilines is 1. The number of aromatic nitrogens is 2. The minimum absolute atomic E-state index is 0.245. The summed E-state index contributed by atoms with van der Waals surface area (Å²) in [7, 11) is 0. The second-order valence-electron chi connectivity index (χ2n) is 3.12. The van der Waals surface area contributed by atoms with Crippen LogP contribution in [-0.2, 0) is 6.61 Å². The average molecular weight is 236 g/mol. The molecule has 4 nitrogen and oxygen atoms in total. The Morgan fingerprint density at radius 1 is 1.25 bits per heavy atom. The van der Waals surface area contributed by atoms with E-state index in [0.717, 1.165) is 0 Å². The van der Waals surface area contributed by atoms with Crippen LogP contribution in [0.4, 0.5) is 5.82 Å². The third kappa shape index (κ3) is 2.61. The van der Waals surface area contributed by atoms with Crippen molar-refractivity contribution < 1.29 is 4.74 Å². The number of benzene rings is 1. The summed E-state index contributed by atoms with van der Waals surface area (Å²) in [5.74, 6) is 1.56. The fourth-order valence-corrected chi connectivity index (χ4v) is 1.38. The Kier molecular flexibility index (Phi) is 3.22. The second-order valence-corrected chi connectivity index (χ2v) is 3.52. The van der Waals surface area contributed by atoms with E-state index in [9.17, 15) is 0 Å². The highest BCUT2D eigenvalue weighted by atomic mass is 35.5. The number of ether oxygens (including phenoxy) is 1. The van der Waals surface area contributed by atoms with Crippen molar-refractivity contribution in [2.45, 2.75) is 6.61 Å². The Hall–Kier alpha value is -1.81. The summed E-state index contributed by atoms with van der Waals surface area (Å²) in [6.45, 7) is 0.245. The van der Waals surface area contributed by atoms with E-state index in [0.29, 0.717) is 22.4 Å². The van der Waals surface area contributed by atoms with Gasteiger partial charge in [-0.3, -0.25) is 0 Å². The van der Waals surface area contributed by atoms with Crippen LogP contribution in [0.15, 0.2) is 36.5 Å². The van der Waals surface area contributed by atoms with Crippen LogP contribution in [0.5, 0.6) is 5.75 Å². The summed E-state index contributed by atoms with van der Waals surface area (Å²) in [5, 5.41) is 0.561. The highest BCUT2D eigenvalue weighted by molar-refractivity contribution is 6.32. The molecule has 0 aliphatic heterocycles. The molecule has 1 heterocycles. The summed E-state index contributed by atoms with van der Waals surface area (Å²) in [4.78, 5) is 8.04. The maximum Gasteiger partial charge on any atom is 0.168 e. The van der Waals surface area contributed by atoms with Crippen LogP contribution in [0.25, 0.3) is 0 Å². The van der Waals surface area contributed by atoms with Gasteiger partial charge in [-0.15, -0.1) is 0 Å². The number of hydrogen-bond acceptors (Lipinski definition) is 4. The SMILES string of the molecule is Nc1ccnc(COc2ccccc2Cl)n1. The first-order chi connectivity index (χ1) is 7.75. The Bertz CT molecular complexity index is 490. The van der Waals surface area contributed by atoms with E-state index in [1.54, 1.807) is 24.4 Å². The number of nitrogens with zero attached hydrogens (tertiary/aromatic N) is 2. The Morgan fingerprint density at radius 2 is 2.06 bits per heavy atom. The lowest BCUT2D eigenvalue weighted by Crippen LogP contribution is -2.03. The molecule has 0 atom stereocenters. The lowest BCUT2D eigenvalue weighted by molar-refractivity contribution is 0.296. The number of nitrogens with two attached hydrogens (primary N) is 1. The molecule has 0 aliphatic rings. The van der Waals surface area contributed by atoms with Gasteiger partial charge in [-0.1, -0.05) is 23.7 Å². The summed E-state index contributed by atoms with van der Waals surface area (Å²) in [6.07, 6.45) is 1.59. The van der Waals surface area contributed by atoms with Crippen molar-refractivity contribution in [1.29, 1.82) is 0 Å². The average Bonchev–Trinajstić information content (AvgIpc) is 2.28. The molecule has 2 N–H and O–H groups in total. The van der Waals surface area contributed by atoms with Crippen LogP contribution in [0.3, 0.4) is 0 Å². The van der Waals surface area contributed by atoms with E-state index in [1.165, 1.54) is 0 Å². The molecular weight excluding hydrogens is 226 g/mol. The minimum atomic E-state index is 0.245. The van der Waals surface area contributed by atoms with Crippen LogP contribution in [-0.4, -0.2) is 9.97 Å². The molecule has 2 aromatic rings. The first-order valence-corrected chi connectivity index (χ1v) is 5.08. The van der Waals surface area contributed by atoms with E-state index in [-0.39, 0.29) is 6.61 Å². The Morgan fingerprint density at radius 3 is 2.81 bits per heavy atom. The molecular formula is C11H10ClN3O. The van der Waals surface area contributed by atoms with E-state index in [4.69, 9.17) is 22.1 Å². The van der Waals surface area contributed by atoms with Crippen LogP contribution in [0.2, 0.25) is 5.02 Å². The first kappa shape index (κ1) is 10.7. The minimum Gasteiger partial charge on any atom is -0.484 e. The molecule has 1 aromatic heterocycles. The lowest BCUT2D eigenvalue weighted by Gasteiger charge is -2.06. The lowest BCUT2D eigenvalue weighted by atomic mass is 10.3. The zero-order chi connectivity index (χ0) is 11.4. The van der Waals surface area contributed by atoms with Gasteiger partial charge in [0.2, 0.25) is 0 Å². The fraction of sp³-hybridized carbons (Fsp3) is 0.0909. The van der Waals surface area contributed by atoms with Crippen molar-refractivity contribution in [2.75, 3.05) is 5.73 Å². The van der Waals surface area contributed by atoms with Crippen molar-refractivity contribution in [1.82, 2.24) is 9.97 Å². The van der Waals surface area contributed by atoms with Gasteiger partial charge in [0.05, 0.1) is 5.02 Å². The molecule has 16 heavy (non-hydrogen) atoms. The number of nitrogen functional groups attached to an aromatic ring is 1. The molecule has 0 radical (unpaired) electrons. The normalized spacial score (nSPS) is 10.1. The van der Waals surface area contributed by atoms with E-state index >= 15 is 0 Å². The summed E-state index contributed by atoms with van der Waals surface area (Å²) < 4.78 is 5.47. The molecule has 0 fully saturated rings. The van der Waals surface area contributed by atoms with Crippen molar-refractivity contribution in [3.8, 4) is 5.75 Å². The first-order valence-electron chi connectivity index (χ1n) is 4.70. The highest BCUT2D eigenvalue weighted by Gasteiger charge is 2.02. The zero-order valence-electron chi connectivity index (χ0n) is 8.43. The number of halogens is 1. The maximum atomic E-state index is 5.93. The topological polar surface area (TPSA) is 61.0 Å². The van der Waals surface area contributed by atoms with Gasteiger partial charge < -0.3 is 10.5 Å². The molecule has 82 valence electrons. The maximum absolute atomic E-state index is 5.93. The smallest absolute Gasteiger partial charge is 0.168 e. The molecule has 5 heteroatoms. The largest absolute Gasteiger partial charge is 0.484 e. The highest BCUT2D eigenvalue weighted by Crippen LogP contribution is 2.23. The third-order valence-electron chi connectivity index (χ3n) is 1.92. The second kappa shape index (κ2) is 4.81. The molecule has 2 rings (SSSR count).